The van der Waals surface area contributed by atoms with Crippen molar-refractivity contribution >= 4 is 11.6 Å². The number of ether oxygens (including phenoxy) is 2. The van der Waals surface area contributed by atoms with Crippen molar-refractivity contribution in [2.75, 3.05) is 24.7 Å². The highest BCUT2D eigenvalue weighted by molar-refractivity contribution is 5.49. The molecule has 10 heteroatoms. The molecule has 0 unspecified atom stereocenters. The molecule has 0 aromatic carbocycles. The highest BCUT2D eigenvalue weighted by Crippen LogP contribution is 2.31. The second-order valence-corrected chi connectivity index (χ2v) is 6.27. The summed E-state index contributed by atoms with van der Waals surface area (Å²) >= 11 is 0. The van der Waals surface area contributed by atoms with Gasteiger partial charge in [0.2, 0.25) is 0 Å². The maximum atomic E-state index is 13.0. The molecule has 7 nitrogen and oxygen atoms in total. The normalized spacial score (nSPS) is 22.9. The molecule has 0 radical (unpaired) electrons. The zero-order valence-electron chi connectivity index (χ0n) is 13.7. The largest absolute Gasteiger partial charge is 0.453 e. The lowest BCUT2D eigenvalue weighted by atomic mass is 10.0. The Hall–Kier alpha value is -1.94. The monoisotopic (exact) mass is 357 g/mol. The van der Waals surface area contributed by atoms with Gasteiger partial charge in [0.05, 0.1) is 19.3 Å². The van der Waals surface area contributed by atoms with Crippen molar-refractivity contribution in [1.82, 2.24) is 19.6 Å². The fraction of sp³-hybridized carbons (Fsp3) is 0.667. The molecule has 25 heavy (non-hydrogen) atoms. The van der Waals surface area contributed by atoms with Gasteiger partial charge in [-0.2, -0.15) is 22.7 Å². The Balaban J connectivity index is 1.79. The SMILES string of the molecule is Cc1cc(N2CCCC[C@H]2C2OCCO2)n2nc(C(F)(F)F)nc2n1. The molecule has 4 heterocycles. The van der Waals surface area contributed by atoms with Crippen LogP contribution in [0.1, 0.15) is 30.8 Å². The predicted molar refractivity (Wildman–Crippen MR) is 81.2 cm³/mol. The van der Waals surface area contributed by atoms with Crippen LogP contribution in [0, 0.1) is 6.92 Å². The molecule has 0 aliphatic carbocycles. The fourth-order valence-electron chi connectivity index (χ4n) is 3.42. The van der Waals surface area contributed by atoms with E-state index in [9.17, 15) is 13.2 Å². The quantitative estimate of drug-likeness (QED) is 0.821. The molecule has 0 amide bonds. The zero-order valence-corrected chi connectivity index (χ0v) is 13.7. The first-order valence-corrected chi connectivity index (χ1v) is 8.25. The van der Waals surface area contributed by atoms with Crippen LogP contribution in [-0.4, -0.2) is 51.7 Å². The van der Waals surface area contributed by atoms with Crippen LogP contribution in [0.4, 0.5) is 19.0 Å². The van der Waals surface area contributed by atoms with Crippen molar-refractivity contribution in [3.05, 3.63) is 17.6 Å². The minimum Gasteiger partial charge on any atom is -0.348 e. The Morgan fingerprint density at radius 2 is 1.92 bits per heavy atom. The first-order valence-electron chi connectivity index (χ1n) is 8.25. The smallest absolute Gasteiger partial charge is 0.348 e. The number of nitrogens with zero attached hydrogens (tertiary/aromatic N) is 5. The Morgan fingerprint density at radius 3 is 2.64 bits per heavy atom. The third-order valence-electron chi connectivity index (χ3n) is 4.48. The molecule has 2 aromatic rings. The average Bonchev–Trinajstić information content (AvgIpc) is 3.23. The number of piperidine rings is 1. The van der Waals surface area contributed by atoms with Gasteiger partial charge in [0.1, 0.15) is 5.82 Å². The number of hydrogen-bond acceptors (Lipinski definition) is 6. The molecule has 0 N–H and O–H groups in total. The van der Waals surface area contributed by atoms with Gasteiger partial charge >= 0.3 is 6.18 Å². The van der Waals surface area contributed by atoms with Crippen LogP contribution in [0.25, 0.3) is 5.78 Å². The molecule has 2 aliphatic rings. The lowest BCUT2D eigenvalue weighted by molar-refractivity contribution is -0.144. The molecule has 0 spiro atoms. The van der Waals surface area contributed by atoms with Crippen LogP contribution in [0.5, 0.6) is 0 Å². The Bertz CT molecular complexity index is 772. The van der Waals surface area contributed by atoms with Gasteiger partial charge in [-0.15, -0.1) is 5.10 Å². The third kappa shape index (κ3) is 3.04. The van der Waals surface area contributed by atoms with Crippen LogP contribution in [0.15, 0.2) is 6.07 Å². The molecule has 2 aromatic heterocycles. The van der Waals surface area contributed by atoms with Gasteiger partial charge in [-0.3, -0.25) is 0 Å². The summed E-state index contributed by atoms with van der Waals surface area (Å²) in [4.78, 5) is 9.65. The zero-order chi connectivity index (χ0) is 17.6. The number of rotatable bonds is 2. The van der Waals surface area contributed by atoms with Crippen molar-refractivity contribution in [3.63, 3.8) is 0 Å². The average molecular weight is 357 g/mol. The first kappa shape index (κ1) is 16.5. The highest BCUT2D eigenvalue weighted by Gasteiger charge is 2.39. The summed E-state index contributed by atoms with van der Waals surface area (Å²) in [6, 6.07) is 1.66. The van der Waals surface area contributed by atoms with Crippen LogP contribution in [0.2, 0.25) is 0 Å². The molecular formula is C15H18F3N5O2. The highest BCUT2D eigenvalue weighted by atomic mass is 19.4. The van der Waals surface area contributed by atoms with Crippen LogP contribution in [-0.2, 0) is 15.7 Å². The molecule has 1 atom stereocenters. The van der Waals surface area contributed by atoms with Gasteiger partial charge in [-0.25, -0.2) is 4.98 Å². The maximum Gasteiger partial charge on any atom is 0.453 e. The number of anilines is 1. The van der Waals surface area contributed by atoms with Gasteiger partial charge in [0.25, 0.3) is 11.6 Å². The van der Waals surface area contributed by atoms with Crippen molar-refractivity contribution < 1.29 is 22.6 Å². The summed E-state index contributed by atoms with van der Waals surface area (Å²) in [5.41, 5.74) is 0.584. The van der Waals surface area contributed by atoms with Gasteiger partial charge < -0.3 is 14.4 Å². The number of hydrogen-bond donors (Lipinski definition) is 0. The molecule has 2 saturated heterocycles. The van der Waals surface area contributed by atoms with Crippen molar-refractivity contribution in [3.8, 4) is 0 Å². The Labute approximate surface area is 141 Å². The first-order chi connectivity index (χ1) is 11.9. The Kier molecular flexibility index (Phi) is 4.03. The van der Waals surface area contributed by atoms with Gasteiger partial charge in [0.15, 0.2) is 6.29 Å². The second-order valence-electron chi connectivity index (χ2n) is 6.27. The fourth-order valence-corrected chi connectivity index (χ4v) is 3.42. The Morgan fingerprint density at radius 1 is 1.16 bits per heavy atom. The van der Waals surface area contributed by atoms with Gasteiger partial charge in [-0.1, -0.05) is 0 Å². The van der Waals surface area contributed by atoms with Crippen molar-refractivity contribution in [1.29, 1.82) is 0 Å². The molecule has 0 bridgehead atoms. The van der Waals surface area contributed by atoms with E-state index in [0.29, 0.717) is 31.3 Å². The maximum absolute atomic E-state index is 13.0. The summed E-state index contributed by atoms with van der Waals surface area (Å²) in [6.07, 6.45) is -2.20. The van der Waals surface area contributed by atoms with Gasteiger partial charge in [0, 0.05) is 18.3 Å². The van der Waals surface area contributed by atoms with E-state index in [4.69, 9.17) is 9.47 Å². The molecule has 0 saturated carbocycles. The van der Waals surface area contributed by atoms with Crippen LogP contribution < -0.4 is 4.90 Å². The van der Waals surface area contributed by atoms with E-state index in [1.165, 1.54) is 4.52 Å². The molecular weight excluding hydrogens is 339 g/mol. The summed E-state index contributed by atoms with van der Waals surface area (Å²) in [6.45, 7) is 3.48. The number of halogens is 3. The molecule has 4 rings (SSSR count). The van der Waals surface area contributed by atoms with E-state index >= 15 is 0 Å². The summed E-state index contributed by atoms with van der Waals surface area (Å²) in [5.74, 6) is -0.706. The lowest BCUT2D eigenvalue weighted by Crippen LogP contribution is -2.48. The molecule has 2 fully saturated rings. The number of aryl methyl sites for hydroxylation is 1. The van der Waals surface area contributed by atoms with E-state index in [0.717, 1.165) is 19.3 Å². The lowest BCUT2D eigenvalue weighted by Gasteiger charge is -2.39. The van der Waals surface area contributed by atoms with E-state index < -0.39 is 12.0 Å². The third-order valence-corrected chi connectivity index (χ3v) is 4.48. The number of fused-ring (bicyclic) bond motifs is 1. The van der Waals surface area contributed by atoms with E-state index in [1.807, 2.05) is 4.90 Å². The topological polar surface area (TPSA) is 64.8 Å². The molecule has 2 aliphatic heterocycles. The predicted octanol–water partition coefficient (Wildman–Crippen LogP) is 2.18. The summed E-state index contributed by atoms with van der Waals surface area (Å²) < 4.78 is 51.5. The van der Waals surface area contributed by atoms with Crippen molar-refractivity contribution in [2.45, 2.75) is 44.7 Å². The van der Waals surface area contributed by atoms with E-state index in [1.54, 1.807) is 13.0 Å². The minimum absolute atomic E-state index is 0.0556. The van der Waals surface area contributed by atoms with Crippen LogP contribution in [0.3, 0.4) is 0 Å². The summed E-state index contributed by atoms with van der Waals surface area (Å²) in [5, 5.41) is 3.66. The number of aromatic nitrogens is 4. The van der Waals surface area contributed by atoms with Crippen LogP contribution >= 0.6 is 0 Å². The summed E-state index contributed by atoms with van der Waals surface area (Å²) in [7, 11) is 0. The molecule has 136 valence electrons. The van der Waals surface area contributed by atoms with E-state index in [2.05, 4.69) is 15.1 Å². The van der Waals surface area contributed by atoms with E-state index in [-0.39, 0.29) is 18.1 Å². The minimum atomic E-state index is -4.61. The number of alkyl halides is 3. The van der Waals surface area contributed by atoms with Crippen molar-refractivity contribution in [2.24, 2.45) is 0 Å². The second kappa shape index (κ2) is 6.10. The van der Waals surface area contributed by atoms with Gasteiger partial charge in [-0.05, 0) is 26.2 Å². The standard InChI is InChI=1S/C15H18F3N5O2/c1-9-8-11(23-14(19-9)20-13(21-23)15(16,17)18)22-5-3-2-4-10(22)12-24-6-7-25-12/h8,10,12H,2-7H2,1H3/t10-/m0/s1.